The largest absolute Gasteiger partial charge is 0.397 e. The third kappa shape index (κ3) is 2.16. The van der Waals surface area contributed by atoms with Crippen LogP contribution in [0.5, 0.6) is 0 Å². The number of benzene rings is 2. The van der Waals surface area contributed by atoms with Crippen LogP contribution in [0.25, 0.3) is 11.0 Å². The van der Waals surface area contributed by atoms with Gasteiger partial charge in [0.1, 0.15) is 0 Å². The first-order valence-corrected chi connectivity index (χ1v) is 5.84. The zero-order valence-corrected chi connectivity index (χ0v) is 10.4. The summed E-state index contributed by atoms with van der Waals surface area (Å²) in [6, 6.07) is 6.29. The molecular weight excluding hydrogens is 282 g/mol. The second kappa shape index (κ2) is 4.82. The van der Waals surface area contributed by atoms with Gasteiger partial charge in [-0.1, -0.05) is 6.07 Å². The monoisotopic (exact) mass is 290 g/mol. The predicted octanol–water partition coefficient (Wildman–Crippen LogP) is 2.34. The van der Waals surface area contributed by atoms with E-state index in [1.165, 1.54) is 24.3 Å². The van der Waals surface area contributed by atoms with Crippen molar-refractivity contribution >= 4 is 28.3 Å². The Morgan fingerprint density at radius 1 is 1.14 bits per heavy atom. The lowest BCUT2D eigenvalue weighted by molar-refractivity contribution is 0.102. The Kier molecular flexibility index (Phi) is 2.98. The van der Waals surface area contributed by atoms with Crippen molar-refractivity contribution in [1.29, 1.82) is 0 Å². The number of hydrogen-bond donors (Lipinski definition) is 2. The Morgan fingerprint density at radius 2 is 1.90 bits per heavy atom. The van der Waals surface area contributed by atoms with Crippen LogP contribution in [0.4, 0.5) is 20.2 Å². The zero-order chi connectivity index (χ0) is 15.0. The smallest absolute Gasteiger partial charge is 0.258 e. The van der Waals surface area contributed by atoms with Crippen LogP contribution in [0.1, 0.15) is 10.4 Å². The number of carbonyl (C=O) groups excluding carboxylic acids is 1. The molecule has 3 aromatic rings. The lowest BCUT2D eigenvalue weighted by Gasteiger charge is -2.07. The highest BCUT2D eigenvalue weighted by atomic mass is 19.2. The molecule has 1 heterocycles. The van der Waals surface area contributed by atoms with Crippen molar-refractivity contribution in [1.82, 2.24) is 10.3 Å². The van der Waals surface area contributed by atoms with Gasteiger partial charge in [0.25, 0.3) is 5.91 Å². The summed E-state index contributed by atoms with van der Waals surface area (Å²) in [5.41, 5.74) is 6.30. The van der Waals surface area contributed by atoms with E-state index in [0.717, 1.165) is 6.07 Å². The summed E-state index contributed by atoms with van der Waals surface area (Å²) in [5, 5.41) is 9.63. The van der Waals surface area contributed by atoms with Crippen LogP contribution in [0.2, 0.25) is 0 Å². The number of nitrogen functional groups attached to an aromatic ring is 1. The quantitative estimate of drug-likeness (QED) is 0.706. The van der Waals surface area contributed by atoms with Crippen molar-refractivity contribution in [3.63, 3.8) is 0 Å². The van der Waals surface area contributed by atoms with Crippen molar-refractivity contribution in [2.24, 2.45) is 0 Å². The van der Waals surface area contributed by atoms with Crippen LogP contribution in [0.15, 0.2) is 35.0 Å². The minimum Gasteiger partial charge on any atom is -0.397 e. The van der Waals surface area contributed by atoms with Crippen LogP contribution in [-0.4, -0.2) is 16.2 Å². The van der Waals surface area contributed by atoms with Crippen molar-refractivity contribution in [2.75, 3.05) is 11.1 Å². The number of carbonyl (C=O) groups is 1. The minimum absolute atomic E-state index is 0.222. The Hall–Kier alpha value is -3.03. The molecule has 0 aliphatic rings. The maximum Gasteiger partial charge on any atom is 0.258 e. The molecule has 3 N–H and O–H groups in total. The van der Waals surface area contributed by atoms with Gasteiger partial charge in [-0.15, -0.1) is 0 Å². The van der Waals surface area contributed by atoms with Crippen LogP contribution in [0, 0.1) is 11.6 Å². The Bertz CT molecular complexity index is 847. The molecule has 106 valence electrons. The molecule has 8 heteroatoms. The minimum atomic E-state index is -1.22. The highest BCUT2D eigenvalue weighted by Gasteiger charge is 2.17. The summed E-state index contributed by atoms with van der Waals surface area (Å²) in [5.74, 6) is -3.14. The molecule has 3 rings (SSSR count). The molecule has 0 fully saturated rings. The summed E-state index contributed by atoms with van der Waals surface area (Å²) in [6.45, 7) is 0. The molecule has 0 saturated heterocycles. The SMILES string of the molecule is Nc1ccc(NC(=O)c2cccc(F)c2F)c2nonc12. The van der Waals surface area contributed by atoms with E-state index >= 15 is 0 Å². The number of nitrogens with zero attached hydrogens (tertiary/aromatic N) is 2. The summed E-state index contributed by atoms with van der Waals surface area (Å²) >= 11 is 0. The second-order valence-electron chi connectivity index (χ2n) is 4.22. The molecule has 0 radical (unpaired) electrons. The van der Waals surface area contributed by atoms with E-state index in [0.29, 0.717) is 5.69 Å². The highest BCUT2D eigenvalue weighted by molar-refractivity contribution is 6.09. The fraction of sp³-hybridized carbons (Fsp3) is 0. The molecule has 2 aromatic carbocycles. The fourth-order valence-corrected chi connectivity index (χ4v) is 1.86. The van der Waals surface area contributed by atoms with Gasteiger partial charge >= 0.3 is 0 Å². The first-order valence-electron chi connectivity index (χ1n) is 5.84. The average Bonchev–Trinajstić information content (AvgIpc) is 2.95. The van der Waals surface area contributed by atoms with Gasteiger partial charge in [-0.05, 0) is 34.6 Å². The maximum atomic E-state index is 13.6. The lowest BCUT2D eigenvalue weighted by Crippen LogP contribution is -2.15. The molecule has 0 atom stereocenters. The second-order valence-corrected chi connectivity index (χ2v) is 4.22. The average molecular weight is 290 g/mol. The van der Waals surface area contributed by atoms with Gasteiger partial charge in [-0.2, -0.15) is 0 Å². The van der Waals surface area contributed by atoms with E-state index < -0.39 is 23.1 Å². The number of rotatable bonds is 2. The summed E-state index contributed by atoms with van der Waals surface area (Å²) in [7, 11) is 0. The number of anilines is 2. The van der Waals surface area contributed by atoms with E-state index in [1.807, 2.05) is 0 Å². The van der Waals surface area contributed by atoms with Crippen LogP contribution in [0.3, 0.4) is 0 Å². The Morgan fingerprint density at radius 3 is 2.71 bits per heavy atom. The van der Waals surface area contributed by atoms with E-state index in [2.05, 4.69) is 20.3 Å². The molecule has 1 amide bonds. The standard InChI is InChI=1S/C13H8F2N4O2/c14-7-3-1-2-6(10(7)15)13(20)17-9-5-4-8(16)11-12(9)19-21-18-11/h1-5H,16H2,(H,17,20). The molecule has 0 unspecified atom stereocenters. The van der Waals surface area contributed by atoms with Crippen LogP contribution in [-0.2, 0) is 0 Å². The van der Waals surface area contributed by atoms with Gasteiger partial charge in [0.05, 0.1) is 16.9 Å². The molecule has 0 aliphatic heterocycles. The Labute approximate surface area is 116 Å². The number of hydrogen-bond acceptors (Lipinski definition) is 5. The molecule has 1 aromatic heterocycles. The third-order valence-corrected chi connectivity index (χ3v) is 2.89. The number of nitrogens with two attached hydrogens (primary N) is 1. The third-order valence-electron chi connectivity index (χ3n) is 2.89. The lowest BCUT2D eigenvalue weighted by atomic mass is 10.1. The molecular formula is C13H8F2N4O2. The van der Waals surface area contributed by atoms with Crippen LogP contribution < -0.4 is 11.1 Å². The molecule has 0 saturated carbocycles. The molecule has 6 nitrogen and oxygen atoms in total. The van der Waals surface area contributed by atoms with Crippen molar-refractivity contribution in [2.45, 2.75) is 0 Å². The fourth-order valence-electron chi connectivity index (χ4n) is 1.86. The number of halogens is 2. The molecule has 0 aliphatic carbocycles. The number of fused-ring (bicyclic) bond motifs is 1. The van der Waals surface area contributed by atoms with Gasteiger partial charge in [0, 0.05) is 0 Å². The first kappa shape index (κ1) is 13.0. The van der Waals surface area contributed by atoms with E-state index in [9.17, 15) is 13.6 Å². The molecule has 0 bridgehead atoms. The van der Waals surface area contributed by atoms with Gasteiger partial charge in [0.2, 0.25) is 0 Å². The number of amides is 1. The molecule has 21 heavy (non-hydrogen) atoms. The highest BCUT2D eigenvalue weighted by Crippen LogP contribution is 2.25. The predicted molar refractivity (Wildman–Crippen MR) is 70.5 cm³/mol. The number of aromatic nitrogens is 2. The molecule has 0 spiro atoms. The van der Waals surface area contributed by atoms with Crippen molar-refractivity contribution < 1.29 is 18.2 Å². The van der Waals surface area contributed by atoms with Crippen LogP contribution >= 0.6 is 0 Å². The van der Waals surface area contributed by atoms with Gasteiger partial charge < -0.3 is 11.1 Å². The summed E-state index contributed by atoms with van der Waals surface area (Å²) < 4.78 is 31.2. The van der Waals surface area contributed by atoms with E-state index in [-0.39, 0.29) is 16.7 Å². The van der Waals surface area contributed by atoms with Gasteiger partial charge in [-0.25, -0.2) is 13.4 Å². The summed E-state index contributed by atoms with van der Waals surface area (Å²) in [4.78, 5) is 12.0. The van der Waals surface area contributed by atoms with Crippen molar-refractivity contribution in [3.8, 4) is 0 Å². The van der Waals surface area contributed by atoms with Crippen molar-refractivity contribution in [3.05, 3.63) is 47.5 Å². The van der Waals surface area contributed by atoms with E-state index in [1.54, 1.807) is 0 Å². The summed E-state index contributed by atoms with van der Waals surface area (Å²) in [6.07, 6.45) is 0. The van der Waals surface area contributed by atoms with Gasteiger partial charge in [-0.3, -0.25) is 4.79 Å². The normalized spacial score (nSPS) is 10.8. The Balaban J connectivity index is 1.99. The zero-order valence-electron chi connectivity index (χ0n) is 10.4. The topological polar surface area (TPSA) is 94.0 Å². The van der Waals surface area contributed by atoms with E-state index in [4.69, 9.17) is 5.73 Å². The first-order chi connectivity index (χ1) is 10.1. The number of nitrogens with one attached hydrogen (secondary N) is 1. The maximum absolute atomic E-state index is 13.6. The van der Waals surface area contributed by atoms with Gasteiger partial charge in [0.15, 0.2) is 22.7 Å².